The van der Waals surface area contributed by atoms with Gasteiger partial charge in [-0.3, -0.25) is 9.59 Å². The van der Waals surface area contributed by atoms with E-state index in [0.717, 1.165) is 34.2 Å². The van der Waals surface area contributed by atoms with E-state index in [2.05, 4.69) is 35.1 Å². The van der Waals surface area contributed by atoms with Crippen molar-refractivity contribution in [1.29, 1.82) is 0 Å². The molecule has 1 amide bonds. The molecule has 0 spiro atoms. The standard InChI is InChI=1S/C25H30BrNO6/c1-25(2,33-19-7-8-21(26)20(15-19)22-16-31-13-14-32-22)11-9-17-3-5-18(6-4-17)24(30)27-12-10-23(28)29/h3-8,15,22H,9-14,16H2,1-2H3,(H,27,30)(H,28,29). The Kier molecular flexibility index (Phi) is 8.88. The maximum absolute atomic E-state index is 12.1. The summed E-state index contributed by atoms with van der Waals surface area (Å²) in [5.74, 6) is -0.434. The number of rotatable bonds is 10. The number of nitrogens with one attached hydrogen (secondary N) is 1. The highest BCUT2D eigenvalue weighted by atomic mass is 79.9. The lowest BCUT2D eigenvalue weighted by atomic mass is 9.97. The van der Waals surface area contributed by atoms with Crippen molar-refractivity contribution in [3.8, 4) is 5.75 Å². The zero-order chi connectivity index (χ0) is 23.8. The molecule has 0 bridgehead atoms. The number of ether oxygens (including phenoxy) is 3. The fourth-order valence-electron chi connectivity index (χ4n) is 3.52. The first-order valence-corrected chi connectivity index (χ1v) is 11.8. The molecular formula is C25H30BrNO6. The second-order valence-corrected chi connectivity index (χ2v) is 9.43. The van der Waals surface area contributed by atoms with Gasteiger partial charge in [-0.2, -0.15) is 0 Å². The number of amides is 1. The third kappa shape index (κ3) is 7.84. The molecule has 178 valence electrons. The Morgan fingerprint density at radius 3 is 2.61 bits per heavy atom. The molecule has 8 heteroatoms. The van der Waals surface area contributed by atoms with Crippen LogP contribution in [0.3, 0.4) is 0 Å². The van der Waals surface area contributed by atoms with Crippen LogP contribution >= 0.6 is 15.9 Å². The minimum absolute atomic E-state index is 0.0970. The van der Waals surface area contributed by atoms with Crippen LogP contribution < -0.4 is 10.1 Å². The van der Waals surface area contributed by atoms with Crippen molar-refractivity contribution in [1.82, 2.24) is 5.32 Å². The molecule has 0 aliphatic carbocycles. The molecule has 2 aromatic carbocycles. The first kappa shape index (κ1) is 25.2. The number of halogens is 1. The summed E-state index contributed by atoms with van der Waals surface area (Å²) >= 11 is 3.60. The first-order valence-electron chi connectivity index (χ1n) is 11.0. The number of carboxylic acid groups (broad SMARTS) is 1. The highest BCUT2D eigenvalue weighted by molar-refractivity contribution is 9.10. The van der Waals surface area contributed by atoms with Crippen LogP contribution in [-0.4, -0.2) is 48.9 Å². The van der Waals surface area contributed by atoms with Gasteiger partial charge in [0.25, 0.3) is 5.91 Å². The maximum Gasteiger partial charge on any atom is 0.305 e. The average molecular weight is 520 g/mol. The molecule has 0 radical (unpaired) electrons. The van der Waals surface area contributed by atoms with E-state index in [1.165, 1.54) is 0 Å². The molecule has 1 aliphatic rings. The molecule has 0 aromatic heterocycles. The first-order chi connectivity index (χ1) is 15.7. The highest BCUT2D eigenvalue weighted by Gasteiger charge is 2.23. The van der Waals surface area contributed by atoms with Gasteiger partial charge in [-0.25, -0.2) is 0 Å². The van der Waals surface area contributed by atoms with Gasteiger partial charge in [-0.15, -0.1) is 0 Å². The number of carbonyl (C=O) groups excluding carboxylic acids is 1. The zero-order valence-electron chi connectivity index (χ0n) is 18.9. The molecule has 1 saturated heterocycles. The smallest absolute Gasteiger partial charge is 0.305 e. The molecule has 33 heavy (non-hydrogen) atoms. The molecule has 2 aromatic rings. The van der Waals surface area contributed by atoms with Crippen LogP contribution in [0, 0.1) is 0 Å². The molecular weight excluding hydrogens is 490 g/mol. The molecule has 2 N–H and O–H groups in total. The van der Waals surface area contributed by atoms with Crippen molar-refractivity contribution in [2.45, 2.75) is 44.8 Å². The van der Waals surface area contributed by atoms with E-state index in [0.29, 0.717) is 25.4 Å². The second kappa shape index (κ2) is 11.6. The van der Waals surface area contributed by atoms with Gasteiger partial charge in [0, 0.05) is 22.1 Å². The lowest BCUT2D eigenvalue weighted by Crippen LogP contribution is -2.29. The fourth-order valence-corrected chi connectivity index (χ4v) is 4.02. The van der Waals surface area contributed by atoms with Gasteiger partial charge in [0.2, 0.25) is 0 Å². The third-order valence-electron chi connectivity index (χ3n) is 5.38. The topological polar surface area (TPSA) is 94.1 Å². The van der Waals surface area contributed by atoms with E-state index >= 15 is 0 Å². The third-order valence-corrected chi connectivity index (χ3v) is 6.10. The molecule has 1 atom stereocenters. The van der Waals surface area contributed by atoms with Crippen molar-refractivity contribution in [3.05, 3.63) is 63.6 Å². The fraction of sp³-hybridized carbons (Fsp3) is 0.440. The van der Waals surface area contributed by atoms with E-state index in [9.17, 15) is 9.59 Å². The molecule has 1 unspecified atom stereocenters. The van der Waals surface area contributed by atoms with Crippen LogP contribution in [0.25, 0.3) is 0 Å². The van der Waals surface area contributed by atoms with Crippen LogP contribution in [0.2, 0.25) is 0 Å². The number of hydrogen-bond acceptors (Lipinski definition) is 5. The van der Waals surface area contributed by atoms with Gasteiger partial charge in [0.05, 0.1) is 26.2 Å². The van der Waals surface area contributed by atoms with E-state index < -0.39 is 11.6 Å². The van der Waals surface area contributed by atoms with E-state index in [1.807, 2.05) is 30.3 Å². The summed E-state index contributed by atoms with van der Waals surface area (Å²) in [7, 11) is 0. The Bertz CT molecular complexity index is 954. The summed E-state index contributed by atoms with van der Waals surface area (Å²) in [6.45, 7) is 5.95. The second-order valence-electron chi connectivity index (χ2n) is 8.58. The van der Waals surface area contributed by atoms with E-state index in [-0.39, 0.29) is 25.0 Å². The van der Waals surface area contributed by atoms with Gasteiger partial charge in [-0.1, -0.05) is 28.1 Å². The number of hydrogen-bond donors (Lipinski definition) is 2. The minimum atomic E-state index is -0.939. The molecule has 1 heterocycles. The number of aliphatic carboxylic acids is 1. The Morgan fingerprint density at radius 2 is 1.94 bits per heavy atom. The van der Waals surface area contributed by atoms with E-state index in [1.54, 1.807) is 12.1 Å². The summed E-state index contributed by atoms with van der Waals surface area (Å²) in [5.41, 5.74) is 2.22. The van der Waals surface area contributed by atoms with Crippen molar-refractivity contribution in [2.24, 2.45) is 0 Å². The Hall–Kier alpha value is -2.42. The summed E-state index contributed by atoms with van der Waals surface area (Å²) in [6, 6.07) is 13.3. The number of carbonyl (C=O) groups is 2. The van der Waals surface area contributed by atoms with Gasteiger partial charge in [0.15, 0.2) is 0 Å². The highest BCUT2D eigenvalue weighted by Crippen LogP contribution is 2.33. The number of carboxylic acids is 1. The Labute approximate surface area is 202 Å². The SMILES string of the molecule is CC(C)(CCc1ccc(C(=O)NCCC(=O)O)cc1)Oc1ccc(Br)c(C2COCCO2)c1. The maximum atomic E-state index is 12.1. The monoisotopic (exact) mass is 519 g/mol. The molecule has 1 fully saturated rings. The predicted octanol–water partition coefficient (Wildman–Crippen LogP) is 4.53. The summed E-state index contributed by atoms with van der Waals surface area (Å²) in [6.07, 6.45) is 1.36. The summed E-state index contributed by atoms with van der Waals surface area (Å²) < 4.78 is 18.6. The van der Waals surface area contributed by atoms with Crippen LogP contribution in [-0.2, 0) is 20.7 Å². The summed E-state index contributed by atoms with van der Waals surface area (Å²) in [5, 5.41) is 11.3. The number of benzene rings is 2. The number of aryl methyl sites for hydroxylation is 1. The molecule has 0 saturated carbocycles. The van der Waals surface area contributed by atoms with Crippen molar-refractivity contribution < 1.29 is 28.9 Å². The lowest BCUT2D eigenvalue weighted by Gasteiger charge is -2.28. The zero-order valence-corrected chi connectivity index (χ0v) is 20.5. The normalized spacial score (nSPS) is 16.3. The van der Waals surface area contributed by atoms with Crippen molar-refractivity contribution in [3.63, 3.8) is 0 Å². The average Bonchev–Trinajstić information content (AvgIpc) is 2.79. The van der Waals surface area contributed by atoms with Gasteiger partial charge >= 0.3 is 5.97 Å². The Balaban J connectivity index is 1.54. The molecule has 7 nitrogen and oxygen atoms in total. The van der Waals surface area contributed by atoms with Crippen molar-refractivity contribution in [2.75, 3.05) is 26.4 Å². The molecule has 1 aliphatic heterocycles. The quantitative estimate of drug-likeness (QED) is 0.478. The summed E-state index contributed by atoms with van der Waals surface area (Å²) in [4.78, 5) is 22.6. The van der Waals surface area contributed by atoms with Crippen LogP contribution in [0.4, 0.5) is 0 Å². The van der Waals surface area contributed by atoms with Gasteiger partial charge < -0.3 is 24.6 Å². The minimum Gasteiger partial charge on any atom is -0.488 e. The van der Waals surface area contributed by atoms with E-state index in [4.69, 9.17) is 19.3 Å². The van der Waals surface area contributed by atoms with Crippen LogP contribution in [0.1, 0.15) is 54.3 Å². The van der Waals surface area contributed by atoms with Crippen LogP contribution in [0.15, 0.2) is 46.9 Å². The van der Waals surface area contributed by atoms with Crippen LogP contribution in [0.5, 0.6) is 5.75 Å². The van der Waals surface area contributed by atoms with Gasteiger partial charge in [0.1, 0.15) is 17.5 Å². The lowest BCUT2D eigenvalue weighted by molar-refractivity contribution is -0.136. The predicted molar refractivity (Wildman–Crippen MR) is 128 cm³/mol. The largest absolute Gasteiger partial charge is 0.488 e. The Morgan fingerprint density at radius 1 is 1.18 bits per heavy atom. The van der Waals surface area contributed by atoms with Gasteiger partial charge in [-0.05, 0) is 62.6 Å². The molecule has 3 rings (SSSR count). The van der Waals surface area contributed by atoms with Crippen molar-refractivity contribution >= 4 is 27.8 Å².